The molecule has 4 aromatic rings. The lowest BCUT2D eigenvalue weighted by molar-refractivity contribution is -0.0294. The lowest BCUT2D eigenvalue weighted by Gasteiger charge is -2.53. The third-order valence-corrected chi connectivity index (χ3v) is 9.45. The number of benzene rings is 2. The smallest absolute Gasteiger partial charge is 0.274 e. The summed E-state index contributed by atoms with van der Waals surface area (Å²) >= 11 is 0. The van der Waals surface area contributed by atoms with Gasteiger partial charge in [-0.25, -0.2) is 4.98 Å². The van der Waals surface area contributed by atoms with Gasteiger partial charge in [-0.15, -0.1) is 0 Å². The molecular formula is C37H43N7O3. The number of rotatable bonds is 10. The van der Waals surface area contributed by atoms with Crippen molar-refractivity contribution in [1.29, 1.82) is 0 Å². The molecule has 2 aromatic carbocycles. The largest absolute Gasteiger partial charge is 0.481 e. The minimum atomic E-state index is -0.0764. The molecule has 1 saturated carbocycles. The first-order chi connectivity index (χ1) is 23.0. The van der Waals surface area contributed by atoms with Gasteiger partial charge in [0.25, 0.3) is 5.91 Å². The Bertz CT molecular complexity index is 1610. The van der Waals surface area contributed by atoms with Crippen LogP contribution >= 0.6 is 0 Å². The summed E-state index contributed by atoms with van der Waals surface area (Å²) in [5.74, 6) is 2.43. The maximum Gasteiger partial charge on any atom is 0.274 e. The monoisotopic (exact) mass is 633 g/mol. The van der Waals surface area contributed by atoms with Crippen LogP contribution in [0.2, 0.25) is 0 Å². The van der Waals surface area contributed by atoms with E-state index in [0.717, 1.165) is 43.9 Å². The molecule has 0 spiro atoms. The highest BCUT2D eigenvalue weighted by atomic mass is 16.5. The number of carbonyl (C=O) groups excluding carboxylic acids is 1. The van der Waals surface area contributed by atoms with Gasteiger partial charge in [0.2, 0.25) is 11.8 Å². The molecule has 2 aromatic heterocycles. The molecule has 0 radical (unpaired) electrons. The molecular weight excluding hydrogens is 590 g/mol. The Hall–Kier alpha value is -4.41. The summed E-state index contributed by atoms with van der Waals surface area (Å²) in [6, 6.07) is 21.9. The fourth-order valence-corrected chi connectivity index (χ4v) is 7.18. The Balaban J connectivity index is 1.26. The highest BCUT2D eigenvalue weighted by Crippen LogP contribution is 2.42. The Morgan fingerprint density at radius 3 is 2.21 bits per heavy atom. The molecule has 2 aliphatic heterocycles. The van der Waals surface area contributed by atoms with Gasteiger partial charge in [0.15, 0.2) is 0 Å². The van der Waals surface area contributed by atoms with Gasteiger partial charge in [-0.05, 0) is 37.8 Å². The van der Waals surface area contributed by atoms with Crippen LogP contribution in [-0.4, -0.2) is 98.6 Å². The van der Waals surface area contributed by atoms with Gasteiger partial charge < -0.3 is 14.4 Å². The quantitative estimate of drug-likeness (QED) is 0.244. The number of piperazine rings is 2. The number of methoxy groups -OCH3 is 1. The van der Waals surface area contributed by atoms with Gasteiger partial charge in [-0.3, -0.25) is 19.6 Å². The second-order valence-corrected chi connectivity index (χ2v) is 13.1. The second kappa shape index (κ2) is 13.8. The molecule has 3 aliphatic rings. The van der Waals surface area contributed by atoms with Crippen molar-refractivity contribution in [2.24, 2.45) is 0 Å². The summed E-state index contributed by atoms with van der Waals surface area (Å²) in [5.41, 5.74) is 3.81. The van der Waals surface area contributed by atoms with E-state index in [1.54, 1.807) is 25.7 Å². The number of amides is 1. The highest BCUT2D eigenvalue weighted by molar-refractivity contribution is 5.92. The maximum absolute atomic E-state index is 13.6. The van der Waals surface area contributed by atoms with E-state index in [-0.39, 0.29) is 30.0 Å². The molecule has 1 amide bonds. The van der Waals surface area contributed by atoms with Crippen LogP contribution < -0.4 is 9.47 Å². The van der Waals surface area contributed by atoms with E-state index in [2.05, 4.69) is 80.4 Å². The Kier molecular flexibility index (Phi) is 9.13. The lowest BCUT2D eigenvalue weighted by Crippen LogP contribution is -2.67. The minimum absolute atomic E-state index is 0.0375. The summed E-state index contributed by atoms with van der Waals surface area (Å²) in [7, 11) is 1.68. The molecule has 10 nitrogen and oxygen atoms in total. The van der Waals surface area contributed by atoms with E-state index >= 15 is 0 Å². The van der Waals surface area contributed by atoms with E-state index in [4.69, 9.17) is 19.4 Å². The van der Waals surface area contributed by atoms with Gasteiger partial charge >= 0.3 is 0 Å². The first-order valence-corrected chi connectivity index (χ1v) is 16.7. The number of fused-ring (bicyclic) bond motifs is 1. The molecule has 1 unspecified atom stereocenters. The summed E-state index contributed by atoms with van der Waals surface area (Å²) in [6.07, 6.45) is 6.88. The first-order valence-electron chi connectivity index (χ1n) is 16.7. The van der Waals surface area contributed by atoms with Gasteiger partial charge in [-0.2, -0.15) is 9.97 Å². The summed E-state index contributed by atoms with van der Waals surface area (Å²) in [4.78, 5) is 38.9. The van der Waals surface area contributed by atoms with Crippen molar-refractivity contribution in [3.8, 4) is 11.8 Å². The summed E-state index contributed by atoms with van der Waals surface area (Å²) in [5, 5.41) is 0. The number of aromatic nitrogens is 4. The van der Waals surface area contributed by atoms with E-state index < -0.39 is 0 Å². The molecule has 0 bridgehead atoms. The van der Waals surface area contributed by atoms with Crippen molar-refractivity contribution in [3.63, 3.8) is 0 Å². The van der Waals surface area contributed by atoms with Crippen molar-refractivity contribution in [2.75, 3.05) is 39.8 Å². The van der Waals surface area contributed by atoms with E-state index in [9.17, 15) is 4.79 Å². The summed E-state index contributed by atoms with van der Waals surface area (Å²) in [6.45, 7) is 8.22. The zero-order valence-electron chi connectivity index (χ0n) is 27.4. The van der Waals surface area contributed by atoms with Gasteiger partial charge in [-0.1, -0.05) is 60.7 Å². The van der Waals surface area contributed by atoms with Crippen LogP contribution in [0.5, 0.6) is 11.8 Å². The predicted octanol–water partition coefficient (Wildman–Crippen LogP) is 4.78. The van der Waals surface area contributed by atoms with Gasteiger partial charge in [0.1, 0.15) is 11.5 Å². The first kappa shape index (κ1) is 31.2. The molecule has 4 heterocycles. The average molecular weight is 634 g/mol. The van der Waals surface area contributed by atoms with Crippen LogP contribution in [0.25, 0.3) is 0 Å². The molecule has 47 heavy (non-hydrogen) atoms. The third kappa shape index (κ3) is 6.84. The molecule has 2 saturated heterocycles. The number of hydrogen-bond donors (Lipinski definition) is 0. The van der Waals surface area contributed by atoms with Crippen LogP contribution in [0.15, 0.2) is 79.3 Å². The zero-order valence-corrected chi connectivity index (χ0v) is 27.4. The Morgan fingerprint density at radius 2 is 1.60 bits per heavy atom. The van der Waals surface area contributed by atoms with Crippen LogP contribution in [-0.2, 0) is 6.54 Å². The van der Waals surface area contributed by atoms with Crippen molar-refractivity contribution in [1.82, 2.24) is 34.6 Å². The normalized spacial score (nSPS) is 20.3. The topological polar surface area (TPSA) is 96.8 Å². The fraction of sp³-hybridized carbons (Fsp3) is 0.432. The predicted molar refractivity (Wildman–Crippen MR) is 179 cm³/mol. The average Bonchev–Trinajstić information content (AvgIpc) is 3.96. The molecule has 3 fully saturated rings. The molecule has 244 valence electrons. The highest BCUT2D eigenvalue weighted by Gasteiger charge is 2.44. The van der Waals surface area contributed by atoms with E-state index in [1.807, 2.05) is 18.7 Å². The minimum Gasteiger partial charge on any atom is -0.481 e. The second-order valence-electron chi connectivity index (χ2n) is 13.1. The molecule has 2 atom stereocenters. The van der Waals surface area contributed by atoms with Gasteiger partial charge in [0, 0.05) is 75.6 Å². The molecule has 10 heteroatoms. The van der Waals surface area contributed by atoms with E-state index in [1.165, 1.54) is 11.1 Å². The number of ether oxygens (including phenoxy) is 2. The number of hydrogen-bond acceptors (Lipinski definition) is 9. The molecule has 7 rings (SSSR count). The van der Waals surface area contributed by atoms with Crippen molar-refractivity contribution in [2.45, 2.75) is 63.3 Å². The Labute approximate surface area is 276 Å². The lowest BCUT2D eigenvalue weighted by atomic mass is 9.81. The van der Waals surface area contributed by atoms with E-state index in [0.29, 0.717) is 43.0 Å². The van der Waals surface area contributed by atoms with Crippen molar-refractivity contribution < 1.29 is 14.3 Å². The van der Waals surface area contributed by atoms with Crippen LogP contribution in [0.3, 0.4) is 0 Å². The Morgan fingerprint density at radius 1 is 0.894 bits per heavy atom. The zero-order chi connectivity index (χ0) is 32.3. The standard InChI is InChI=1S/C37H43N7O3/c1-25(2)47-36-30(35(46-3)40-34(41-36)28-14-15-28)23-42-21-29-22-43(37(45)31-20-38-16-17-39-31)18-19-44(29)32(24-42)33(26-10-6-4-7-11-26)27-12-8-5-9-13-27/h4-13,16-17,20,25,28-29,32-33H,14-15,18-19,21-24H2,1-3H3/t29-,32?/m1/s1. The fourth-order valence-electron chi connectivity index (χ4n) is 7.18. The SMILES string of the molecule is COc1nc(C2CC2)nc(OC(C)C)c1CN1CC(C(c2ccccc2)c2ccccc2)N2CCN(C(=O)c3cnccn3)C[C@H]2C1. The number of carbonyl (C=O) groups is 1. The van der Waals surface area contributed by atoms with Crippen LogP contribution in [0.1, 0.15) is 71.5 Å². The molecule has 1 aliphatic carbocycles. The maximum atomic E-state index is 13.6. The number of nitrogens with zero attached hydrogens (tertiary/aromatic N) is 7. The van der Waals surface area contributed by atoms with Crippen LogP contribution in [0, 0.1) is 0 Å². The van der Waals surface area contributed by atoms with Crippen molar-refractivity contribution in [3.05, 3.63) is 107 Å². The summed E-state index contributed by atoms with van der Waals surface area (Å²) < 4.78 is 12.2. The van der Waals surface area contributed by atoms with Crippen molar-refractivity contribution >= 4 is 5.91 Å². The third-order valence-electron chi connectivity index (χ3n) is 9.45. The molecule has 0 N–H and O–H groups in total. The van der Waals surface area contributed by atoms with Crippen LogP contribution in [0.4, 0.5) is 0 Å². The van der Waals surface area contributed by atoms with Gasteiger partial charge in [0.05, 0.1) is 25.0 Å².